The van der Waals surface area contributed by atoms with Crippen LogP contribution in [0, 0.1) is 0 Å². The number of hydrogen-bond donors (Lipinski definition) is 1. The summed E-state index contributed by atoms with van der Waals surface area (Å²) in [5, 5.41) is 12.6. The Balaban J connectivity index is 1.85. The minimum Gasteiger partial charge on any atom is -0.452 e. The first-order valence-corrected chi connectivity index (χ1v) is 8.42. The van der Waals surface area contributed by atoms with Crippen molar-refractivity contribution < 1.29 is 19.2 Å². The molecule has 0 radical (unpaired) electrons. The molecule has 0 atom stereocenters. The lowest BCUT2D eigenvalue weighted by atomic mass is 10.2. The molecule has 6 nitrogen and oxygen atoms in total. The summed E-state index contributed by atoms with van der Waals surface area (Å²) >= 11 is 1.64. The molecule has 23 heavy (non-hydrogen) atoms. The van der Waals surface area contributed by atoms with E-state index in [2.05, 4.69) is 10.1 Å². The minimum absolute atomic E-state index is 0.0362. The molecule has 7 heteroatoms. The third-order valence-electron chi connectivity index (χ3n) is 2.99. The van der Waals surface area contributed by atoms with Crippen LogP contribution in [0.25, 0.3) is 0 Å². The fourth-order valence-electron chi connectivity index (χ4n) is 1.71. The van der Waals surface area contributed by atoms with Gasteiger partial charge in [0.15, 0.2) is 12.4 Å². The molecule has 0 bridgehead atoms. The van der Waals surface area contributed by atoms with Gasteiger partial charge >= 0.3 is 5.97 Å². The van der Waals surface area contributed by atoms with Crippen molar-refractivity contribution in [2.75, 3.05) is 12.4 Å². The van der Waals surface area contributed by atoms with Gasteiger partial charge in [-0.3, -0.25) is 0 Å². The van der Waals surface area contributed by atoms with Gasteiger partial charge in [-0.1, -0.05) is 19.0 Å². The van der Waals surface area contributed by atoms with Crippen LogP contribution in [-0.2, 0) is 11.3 Å². The van der Waals surface area contributed by atoms with Crippen molar-refractivity contribution in [2.24, 2.45) is 0 Å². The second kappa shape index (κ2) is 8.69. The van der Waals surface area contributed by atoms with E-state index in [0.29, 0.717) is 17.3 Å². The molecule has 2 aromatic rings. The third-order valence-corrected chi connectivity index (χ3v) is 4.09. The molecule has 124 valence electrons. The molecule has 1 N–H and O–H groups in total. The molecule has 0 spiro atoms. The van der Waals surface area contributed by atoms with Crippen LogP contribution in [-0.4, -0.2) is 33.6 Å². The van der Waals surface area contributed by atoms with Crippen LogP contribution in [0.2, 0.25) is 0 Å². The summed E-state index contributed by atoms with van der Waals surface area (Å²) in [6.07, 6.45) is 0.747. The highest BCUT2D eigenvalue weighted by Gasteiger charge is 2.13. The lowest BCUT2D eigenvalue weighted by Gasteiger charge is -2.04. The summed E-state index contributed by atoms with van der Waals surface area (Å²) in [6.45, 7) is 4.07. The van der Waals surface area contributed by atoms with E-state index in [1.54, 1.807) is 23.9 Å². The lowest BCUT2D eigenvalue weighted by Crippen LogP contribution is -2.05. The van der Waals surface area contributed by atoms with Gasteiger partial charge in [-0.2, -0.15) is 4.98 Å². The predicted molar refractivity (Wildman–Crippen MR) is 86.4 cm³/mol. The summed E-state index contributed by atoms with van der Waals surface area (Å²) in [4.78, 5) is 17.2. The van der Waals surface area contributed by atoms with E-state index in [1.807, 2.05) is 26.0 Å². The molecule has 1 aromatic carbocycles. The molecular weight excluding hydrogens is 316 g/mol. The van der Waals surface area contributed by atoms with E-state index in [0.717, 1.165) is 17.1 Å². The van der Waals surface area contributed by atoms with Crippen LogP contribution in [0.1, 0.15) is 48.3 Å². The highest BCUT2D eigenvalue weighted by atomic mass is 32.2. The van der Waals surface area contributed by atoms with Crippen molar-refractivity contribution in [3.05, 3.63) is 41.5 Å². The van der Waals surface area contributed by atoms with Gasteiger partial charge in [-0.05, 0) is 30.7 Å². The molecule has 1 heterocycles. The Morgan fingerprint density at radius 1 is 1.35 bits per heavy atom. The first-order valence-electron chi connectivity index (χ1n) is 7.43. The number of carbonyl (C=O) groups is 1. The number of aliphatic hydroxyl groups excluding tert-OH is 1. The normalized spacial score (nSPS) is 11.0. The monoisotopic (exact) mass is 336 g/mol. The molecule has 0 saturated heterocycles. The van der Waals surface area contributed by atoms with Crippen molar-refractivity contribution in [2.45, 2.75) is 37.7 Å². The maximum atomic E-state index is 12.0. The van der Waals surface area contributed by atoms with E-state index in [-0.39, 0.29) is 19.1 Å². The molecule has 0 aliphatic heterocycles. The van der Waals surface area contributed by atoms with Crippen LogP contribution in [0.15, 0.2) is 33.7 Å². The SMILES string of the molecule is CC(C)c1noc(COC(=O)c2ccc(SCCCO)cc2)n1. The standard InChI is InChI=1S/C16H20N2O4S/c1-11(2)15-17-14(22-18-15)10-21-16(20)12-4-6-13(7-5-12)23-9-3-8-19/h4-7,11,19H,3,8-10H2,1-2H3. The Morgan fingerprint density at radius 2 is 2.09 bits per heavy atom. The van der Waals surface area contributed by atoms with Gasteiger partial charge in [0.05, 0.1) is 5.56 Å². The van der Waals surface area contributed by atoms with Gasteiger partial charge in [0.1, 0.15) is 0 Å². The number of aromatic nitrogens is 2. The van der Waals surface area contributed by atoms with E-state index < -0.39 is 5.97 Å². The quantitative estimate of drug-likeness (QED) is 0.450. The molecule has 0 aliphatic carbocycles. The fraction of sp³-hybridized carbons (Fsp3) is 0.438. The van der Waals surface area contributed by atoms with Crippen LogP contribution in [0.4, 0.5) is 0 Å². The number of nitrogens with zero attached hydrogens (tertiary/aromatic N) is 2. The van der Waals surface area contributed by atoms with Gasteiger partial charge in [0.2, 0.25) is 0 Å². The average molecular weight is 336 g/mol. The third kappa shape index (κ3) is 5.37. The molecule has 0 unspecified atom stereocenters. The molecular formula is C16H20N2O4S. The second-order valence-corrected chi connectivity index (χ2v) is 6.40. The summed E-state index contributed by atoms with van der Waals surface area (Å²) in [6, 6.07) is 7.17. The van der Waals surface area contributed by atoms with Crippen molar-refractivity contribution in [3.8, 4) is 0 Å². The Labute approximate surface area is 139 Å². The van der Waals surface area contributed by atoms with Gasteiger partial charge < -0.3 is 14.4 Å². The van der Waals surface area contributed by atoms with Crippen LogP contribution in [0.3, 0.4) is 0 Å². The molecule has 0 fully saturated rings. The van der Waals surface area contributed by atoms with Gasteiger partial charge in [-0.15, -0.1) is 11.8 Å². The zero-order valence-corrected chi connectivity index (χ0v) is 14.0. The number of thioether (sulfide) groups is 1. The van der Waals surface area contributed by atoms with Gasteiger partial charge in [-0.25, -0.2) is 4.79 Å². The molecule has 0 amide bonds. The molecule has 1 aromatic heterocycles. The first-order chi connectivity index (χ1) is 11.1. The number of esters is 1. The number of aliphatic hydroxyl groups is 1. The summed E-state index contributed by atoms with van der Waals surface area (Å²) in [7, 11) is 0. The maximum absolute atomic E-state index is 12.0. The number of carbonyl (C=O) groups excluding carboxylic acids is 1. The second-order valence-electron chi connectivity index (χ2n) is 5.23. The van der Waals surface area contributed by atoms with Crippen LogP contribution < -0.4 is 0 Å². The summed E-state index contributed by atoms with van der Waals surface area (Å²) in [5.74, 6) is 1.47. The molecule has 0 saturated carbocycles. The maximum Gasteiger partial charge on any atom is 0.338 e. The van der Waals surface area contributed by atoms with Crippen molar-refractivity contribution in [3.63, 3.8) is 0 Å². The minimum atomic E-state index is -0.429. The van der Waals surface area contributed by atoms with Crippen LogP contribution in [0.5, 0.6) is 0 Å². The van der Waals surface area contributed by atoms with E-state index in [9.17, 15) is 4.79 Å². The van der Waals surface area contributed by atoms with E-state index in [1.165, 1.54) is 0 Å². The van der Waals surface area contributed by atoms with Gasteiger partial charge in [0.25, 0.3) is 5.89 Å². The Hall–Kier alpha value is -1.86. The first kappa shape index (κ1) is 17.5. The zero-order chi connectivity index (χ0) is 16.7. The number of rotatable bonds is 8. The lowest BCUT2D eigenvalue weighted by molar-refractivity contribution is 0.0429. The number of hydrogen-bond acceptors (Lipinski definition) is 7. The van der Waals surface area contributed by atoms with Crippen molar-refractivity contribution in [1.82, 2.24) is 10.1 Å². The Bertz CT molecular complexity index is 625. The average Bonchev–Trinajstić information content (AvgIpc) is 3.03. The highest BCUT2D eigenvalue weighted by Crippen LogP contribution is 2.19. The highest BCUT2D eigenvalue weighted by molar-refractivity contribution is 7.99. The summed E-state index contributed by atoms with van der Waals surface area (Å²) < 4.78 is 10.2. The largest absolute Gasteiger partial charge is 0.452 e. The van der Waals surface area contributed by atoms with E-state index in [4.69, 9.17) is 14.4 Å². The Morgan fingerprint density at radius 3 is 2.70 bits per heavy atom. The van der Waals surface area contributed by atoms with E-state index >= 15 is 0 Å². The van der Waals surface area contributed by atoms with Crippen molar-refractivity contribution >= 4 is 17.7 Å². The van der Waals surface area contributed by atoms with Crippen LogP contribution >= 0.6 is 11.8 Å². The topological polar surface area (TPSA) is 85.5 Å². The predicted octanol–water partition coefficient (Wildman–Crippen LogP) is 3.02. The van der Waals surface area contributed by atoms with Gasteiger partial charge in [0, 0.05) is 23.2 Å². The number of ether oxygens (including phenoxy) is 1. The number of benzene rings is 1. The molecule has 2 rings (SSSR count). The Kier molecular flexibility index (Phi) is 6.61. The van der Waals surface area contributed by atoms with Crippen molar-refractivity contribution in [1.29, 1.82) is 0 Å². The zero-order valence-electron chi connectivity index (χ0n) is 13.2. The smallest absolute Gasteiger partial charge is 0.338 e. The fourth-order valence-corrected chi connectivity index (χ4v) is 2.55. The molecule has 0 aliphatic rings. The summed E-state index contributed by atoms with van der Waals surface area (Å²) in [5.41, 5.74) is 0.472.